The Balaban J connectivity index is 1.85. The van der Waals surface area contributed by atoms with Crippen molar-refractivity contribution in [2.45, 2.75) is 57.1 Å². The molecule has 2 aromatic heterocycles. The van der Waals surface area contributed by atoms with Gasteiger partial charge in [-0.3, -0.25) is 18.6 Å². The van der Waals surface area contributed by atoms with Crippen molar-refractivity contribution >= 4 is 46.0 Å². The lowest BCUT2D eigenvalue weighted by atomic mass is 10.1. The second-order valence-electron chi connectivity index (χ2n) is 7.97. The van der Waals surface area contributed by atoms with E-state index in [2.05, 4.69) is 15.5 Å². The minimum absolute atomic E-state index is 0.0578. The van der Waals surface area contributed by atoms with Crippen molar-refractivity contribution in [3.63, 3.8) is 0 Å². The third-order valence-electron chi connectivity index (χ3n) is 5.59. The Morgan fingerprint density at radius 3 is 2.70 bits per heavy atom. The maximum Gasteiger partial charge on any atom is 0.262 e. The lowest BCUT2D eigenvalue weighted by molar-refractivity contribution is 0.0939. The predicted molar refractivity (Wildman–Crippen MR) is 133 cm³/mol. The van der Waals surface area contributed by atoms with Crippen LogP contribution in [0.15, 0.2) is 52.4 Å². The van der Waals surface area contributed by atoms with Gasteiger partial charge in [0.2, 0.25) is 5.78 Å². The molecular weight excluding hydrogens is 458 g/mol. The molecule has 0 spiro atoms. The van der Waals surface area contributed by atoms with Gasteiger partial charge in [0, 0.05) is 28.9 Å². The van der Waals surface area contributed by atoms with Gasteiger partial charge in [-0.25, -0.2) is 0 Å². The number of nitrogens with one attached hydrogen (secondary N) is 1. The van der Waals surface area contributed by atoms with Crippen LogP contribution in [0.3, 0.4) is 0 Å². The van der Waals surface area contributed by atoms with Crippen molar-refractivity contribution in [1.82, 2.24) is 24.5 Å². The summed E-state index contributed by atoms with van der Waals surface area (Å²) in [4.78, 5) is 26.0. The Hall–Kier alpha value is -2.84. The first-order valence-electron chi connectivity index (χ1n) is 11.0. The summed E-state index contributed by atoms with van der Waals surface area (Å²) in [7, 11) is 0. The first-order valence-corrected chi connectivity index (χ1v) is 12.4. The van der Waals surface area contributed by atoms with Gasteiger partial charge in [-0.15, -0.1) is 10.2 Å². The van der Waals surface area contributed by atoms with Crippen molar-refractivity contribution in [3.05, 3.63) is 69.0 Å². The van der Waals surface area contributed by atoms with Crippen LogP contribution in [0, 0.1) is 0 Å². The molecule has 7 nitrogen and oxygen atoms in total. The lowest BCUT2D eigenvalue weighted by Crippen LogP contribution is -2.32. The van der Waals surface area contributed by atoms with Crippen LogP contribution >= 0.6 is 23.4 Å². The van der Waals surface area contributed by atoms with E-state index in [-0.39, 0.29) is 17.5 Å². The average molecular weight is 484 g/mol. The molecule has 33 heavy (non-hydrogen) atoms. The molecule has 2 aromatic carbocycles. The van der Waals surface area contributed by atoms with Crippen LogP contribution in [0.4, 0.5) is 0 Å². The normalized spacial score (nSPS) is 12.4. The number of fused-ring (bicyclic) bond motifs is 3. The van der Waals surface area contributed by atoms with E-state index < -0.39 is 0 Å². The lowest BCUT2D eigenvalue weighted by Gasteiger charge is -2.14. The molecule has 0 saturated carbocycles. The number of carbonyl (C=O) groups excluding carboxylic acids is 1. The Morgan fingerprint density at radius 2 is 1.97 bits per heavy atom. The van der Waals surface area contributed by atoms with Crippen LogP contribution in [0.25, 0.3) is 16.7 Å². The number of nitrogens with zero attached hydrogens (tertiary/aromatic N) is 4. The highest BCUT2D eigenvalue weighted by Crippen LogP contribution is 2.28. The summed E-state index contributed by atoms with van der Waals surface area (Å²) in [5, 5.41) is 13.6. The van der Waals surface area contributed by atoms with Gasteiger partial charge in [0.1, 0.15) is 0 Å². The van der Waals surface area contributed by atoms with Crippen LogP contribution in [0.2, 0.25) is 5.02 Å². The van der Waals surface area contributed by atoms with Crippen molar-refractivity contribution in [2.24, 2.45) is 0 Å². The van der Waals surface area contributed by atoms with Gasteiger partial charge < -0.3 is 5.32 Å². The highest BCUT2D eigenvalue weighted by Gasteiger charge is 2.19. The monoisotopic (exact) mass is 483 g/mol. The molecule has 4 aromatic rings. The molecule has 0 aliphatic rings. The Labute approximate surface area is 201 Å². The molecule has 0 aliphatic carbocycles. The van der Waals surface area contributed by atoms with E-state index in [9.17, 15) is 9.59 Å². The van der Waals surface area contributed by atoms with Crippen molar-refractivity contribution in [3.8, 4) is 0 Å². The minimum Gasteiger partial charge on any atom is -0.350 e. The molecule has 0 aliphatic heterocycles. The number of hydrogen-bond acceptors (Lipinski definition) is 5. The SMILES string of the molecule is CCCn1c(=O)c2ccc(C(=O)NC(C)CC)cc2n2c(SCc3ccccc3Cl)nnc12. The quantitative estimate of drug-likeness (QED) is 0.359. The van der Waals surface area contributed by atoms with Gasteiger partial charge in [-0.1, -0.05) is 55.4 Å². The van der Waals surface area contributed by atoms with Crippen molar-refractivity contribution < 1.29 is 4.79 Å². The standard InChI is InChI=1S/C24H26ClN5O2S/c1-4-12-29-22(32)18-11-10-16(21(31)26-15(3)5-2)13-20(18)30-23(29)27-28-24(30)33-14-17-8-6-7-9-19(17)25/h6-11,13,15H,4-5,12,14H2,1-3H3,(H,26,31). The Bertz CT molecular complexity index is 1380. The molecular formula is C24H26ClN5O2S. The van der Waals surface area contributed by atoms with Gasteiger partial charge in [-0.2, -0.15) is 0 Å². The van der Waals surface area contributed by atoms with Crippen LogP contribution in [0.5, 0.6) is 0 Å². The van der Waals surface area contributed by atoms with E-state index in [1.807, 2.05) is 49.4 Å². The molecule has 9 heteroatoms. The number of hydrogen-bond donors (Lipinski definition) is 1. The molecule has 0 bridgehead atoms. The molecule has 0 fully saturated rings. The van der Waals surface area contributed by atoms with E-state index in [0.717, 1.165) is 18.4 Å². The zero-order chi connectivity index (χ0) is 23.5. The smallest absolute Gasteiger partial charge is 0.262 e. The second kappa shape index (κ2) is 9.97. The number of amides is 1. The molecule has 2 heterocycles. The number of aryl methyl sites for hydroxylation is 1. The van der Waals surface area contributed by atoms with Crippen molar-refractivity contribution in [2.75, 3.05) is 0 Å². The molecule has 172 valence electrons. The summed E-state index contributed by atoms with van der Waals surface area (Å²) < 4.78 is 3.52. The second-order valence-corrected chi connectivity index (χ2v) is 9.32. The molecule has 0 saturated heterocycles. The van der Waals surface area contributed by atoms with E-state index in [4.69, 9.17) is 11.6 Å². The third-order valence-corrected chi connectivity index (χ3v) is 6.93. The van der Waals surface area contributed by atoms with E-state index >= 15 is 0 Å². The summed E-state index contributed by atoms with van der Waals surface area (Å²) in [6.07, 6.45) is 1.62. The number of carbonyl (C=O) groups is 1. The topological polar surface area (TPSA) is 81.3 Å². The maximum atomic E-state index is 13.2. The zero-order valence-electron chi connectivity index (χ0n) is 18.8. The van der Waals surface area contributed by atoms with E-state index in [1.54, 1.807) is 22.8 Å². The number of aromatic nitrogens is 4. The van der Waals surface area contributed by atoms with E-state index in [1.165, 1.54) is 11.8 Å². The number of thioether (sulfide) groups is 1. The largest absolute Gasteiger partial charge is 0.350 e. The number of benzene rings is 2. The highest BCUT2D eigenvalue weighted by molar-refractivity contribution is 7.98. The molecule has 1 N–H and O–H groups in total. The van der Waals surface area contributed by atoms with Gasteiger partial charge in [-0.05, 0) is 49.6 Å². The fourth-order valence-electron chi connectivity index (χ4n) is 3.61. The van der Waals surface area contributed by atoms with Crippen LogP contribution < -0.4 is 10.9 Å². The number of halogens is 1. The third kappa shape index (κ3) is 4.63. The van der Waals surface area contributed by atoms with Gasteiger partial charge >= 0.3 is 0 Å². The van der Waals surface area contributed by atoms with Crippen LogP contribution in [-0.4, -0.2) is 31.1 Å². The molecule has 1 atom stereocenters. The van der Waals surface area contributed by atoms with Gasteiger partial charge in [0.05, 0.1) is 10.9 Å². The fraction of sp³-hybridized carbons (Fsp3) is 0.333. The van der Waals surface area contributed by atoms with Gasteiger partial charge in [0.15, 0.2) is 5.16 Å². The molecule has 0 radical (unpaired) electrons. The first kappa shape index (κ1) is 23.3. The summed E-state index contributed by atoms with van der Waals surface area (Å²) in [5.41, 5.74) is 1.96. The Morgan fingerprint density at radius 1 is 1.18 bits per heavy atom. The first-order chi connectivity index (χ1) is 15.9. The van der Waals surface area contributed by atoms with Crippen molar-refractivity contribution in [1.29, 1.82) is 0 Å². The minimum atomic E-state index is -0.171. The summed E-state index contributed by atoms with van der Waals surface area (Å²) >= 11 is 7.82. The number of rotatable bonds is 8. The van der Waals surface area contributed by atoms with E-state index in [0.29, 0.717) is 44.7 Å². The molecule has 1 amide bonds. The summed E-state index contributed by atoms with van der Waals surface area (Å²) in [6, 6.07) is 12.9. The average Bonchev–Trinajstić information content (AvgIpc) is 3.24. The predicted octanol–water partition coefficient (Wildman–Crippen LogP) is 4.93. The molecule has 1 unspecified atom stereocenters. The zero-order valence-corrected chi connectivity index (χ0v) is 20.4. The molecule has 4 rings (SSSR count). The Kier molecular flexibility index (Phi) is 7.05. The fourth-order valence-corrected chi connectivity index (χ4v) is 4.83. The maximum absolute atomic E-state index is 13.2. The van der Waals surface area contributed by atoms with Crippen LogP contribution in [-0.2, 0) is 12.3 Å². The summed E-state index contributed by atoms with van der Waals surface area (Å²) in [5.74, 6) is 0.897. The summed E-state index contributed by atoms with van der Waals surface area (Å²) in [6.45, 7) is 6.52. The highest BCUT2D eigenvalue weighted by atomic mass is 35.5. The van der Waals surface area contributed by atoms with Crippen LogP contribution in [0.1, 0.15) is 49.5 Å². The van der Waals surface area contributed by atoms with Gasteiger partial charge in [0.25, 0.3) is 11.5 Å².